The maximum Gasteiger partial charge on any atom is 0.269 e. The van der Waals surface area contributed by atoms with E-state index in [1.807, 2.05) is 45.0 Å². The van der Waals surface area contributed by atoms with Crippen molar-refractivity contribution in [3.05, 3.63) is 74.7 Å². The fourth-order valence-electron chi connectivity index (χ4n) is 3.83. The van der Waals surface area contributed by atoms with Crippen molar-refractivity contribution in [2.45, 2.75) is 39.7 Å². The SMILES string of the molecule is Cc1cccc(Oc2nc3c(C)cccn3c(=O)c2/C=C(\C#N)C(=O)NC[C@@H]2CCCO2)c1C. The van der Waals surface area contributed by atoms with Crippen molar-refractivity contribution < 1.29 is 14.3 Å². The van der Waals surface area contributed by atoms with Crippen molar-refractivity contribution in [3.8, 4) is 17.7 Å². The maximum atomic E-state index is 13.4. The van der Waals surface area contributed by atoms with Gasteiger partial charge in [-0.05, 0) is 68.5 Å². The lowest BCUT2D eigenvalue weighted by molar-refractivity contribution is -0.117. The number of hydrogen-bond acceptors (Lipinski definition) is 6. The van der Waals surface area contributed by atoms with Crippen molar-refractivity contribution in [2.75, 3.05) is 13.2 Å². The topological polar surface area (TPSA) is 106 Å². The highest BCUT2D eigenvalue weighted by Crippen LogP contribution is 2.28. The third-order valence-electron chi connectivity index (χ3n) is 5.98. The summed E-state index contributed by atoms with van der Waals surface area (Å²) in [7, 11) is 0. The van der Waals surface area contributed by atoms with Gasteiger partial charge in [-0.1, -0.05) is 18.2 Å². The Morgan fingerprint density at radius 1 is 1.29 bits per heavy atom. The van der Waals surface area contributed by atoms with Gasteiger partial charge in [-0.25, -0.2) is 0 Å². The van der Waals surface area contributed by atoms with E-state index >= 15 is 0 Å². The molecule has 4 rings (SSSR count). The second kappa shape index (κ2) is 9.89. The molecule has 1 aliphatic rings. The average Bonchev–Trinajstić information content (AvgIpc) is 3.35. The van der Waals surface area contributed by atoms with Gasteiger partial charge >= 0.3 is 0 Å². The monoisotopic (exact) mass is 458 g/mol. The van der Waals surface area contributed by atoms with Crippen molar-refractivity contribution in [3.63, 3.8) is 0 Å². The van der Waals surface area contributed by atoms with E-state index in [1.54, 1.807) is 18.3 Å². The zero-order valence-electron chi connectivity index (χ0n) is 19.4. The average molecular weight is 459 g/mol. The highest BCUT2D eigenvalue weighted by molar-refractivity contribution is 6.01. The minimum Gasteiger partial charge on any atom is -0.438 e. The smallest absolute Gasteiger partial charge is 0.269 e. The first-order valence-electron chi connectivity index (χ1n) is 11.2. The van der Waals surface area contributed by atoms with Crippen LogP contribution in [0.25, 0.3) is 11.7 Å². The van der Waals surface area contributed by atoms with Gasteiger partial charge in [-0.2, -0.15) is 10.2 Å². The van der Waals surface area contributed by atoms with E-state index in [2.05, 4.69) is 10.3 Å². The Morgan fingerprint density at radius 2 is 2.09 bits per heavy atom. The van der Waals surface area contributed by atoms with E-state index < -0.39 is 11.5 Å². The molecular weight excluding hydrogens is 432 g/mol. The molecule has 1 aliphatic heterocycles. The van der Waals surface area contributed by atoms with E-state index in [0.29, 0.717) is 24.5 Å². The van der Waals surface area contributed by atoms with Crippen LogP contribution in [-0.2, 0) is 9.53 Å². The number of nitrogens with one attached hydrogen (secondary N) is 1. The number of rotatable bonds is 6. The van der Waals surface area contributed by atoms with Gasteiger partial charge in [0.05, 0.1) is 6.10 Å². The van der Waals surface area contributed by atoms with E-state index in [9.17, 15) is 14.9 Å². The zero-order valence-corrected chi connectivity index (χ0v) is 19.4. The standard InChI is InChI=1S/C26H26N4O4/c1-16-7-4-10-22(18(16)3)34-25-21(26(32)30-11-5-8-17(2)23(30)29-25)13-19(14-27)24(31)28-15-20-9-6-12-33-20/h4-5,7-8,10-11,13,20H,6,9,12,15H2,1-3H3,(H,28,31)/b19-13+/t20-/m0/s1. The number of ether oxygens (including phenoxy) is 2. The predicted molar refractivity (Wildman–Crippen MR) is 128 cm³/mol. The van der Waals surface area contributed by atoms with Gasteiger partial charge in [-0.3, -0.25) is 14.0 Å². The number of aryl methyl sites for hydroxylation is 2. The molecule has 8 heteroatoms. The number of nitriles is 1. The lowest BCUT2D eigenvalue weighted by Crippen LogP contribution is -2.32. The first-order chi connectivity index (χ1) is 16.4. The van der Waals surface area contributed by atoms with Gasteiger partial charge in [0.15, 0.2) is 0 Å². The fraction of sp³-hybridized carbons (Fsp3) is 0.308. The number of amides is 1. The number of pyridine rings is 1. The normalized spacial score (nSPS) is 15.8. The van der Waals surface area contributed by atoms with Crippen molar-refractivity contribution in [1.82, 2.24) is 14.7 Å². The molecule has 1 saturated heterocycles. The van der Waals surface area contributed by atoms with E-state index in [4.69, 9.17) is 9.47 Å². The van der Waals surface area contributed by atoms with E-state index in [0.717, 1.165) is 29.5 Å². The van der Waals surface area contributed by atoms with Crippen LogP contribution in [0.15, 0.2) is 46.9 Å². The Morgan fingerprint density at radius 3 is 2.82 bits per heavy atom. The van der Waals surface area contributed by atoms with Crippen LogP contribution in [0.3, 0.4) is 0 Å². The van der Waals surface area contributed by atoms with E-state index in [1.165, 1.54) is 10.5 Å². The molecule has 1 aromatic carbocycles. The molecule has 1 atom stereocenters. The number of aromatic nitrogens is 2. The highest BCUT2D eigenvalue weighted by Gasteiger charge is 2.20. The zero-order chi connectivity index (χ0) is 24.2. The summed E-state index contributed by atoms with van der Waals surface area (Å²) in [6, 6.07) is 11.1. The van der Waals surface area contributed by atoms with Crippen LogP contribution in [0.1, 0.15) is 35.1 Å². The number of benzene rings is 1. The number of carbonyl (C=O) groups excluding carboxylic acids is 1. The molecule has 174 valence electrons. The third kappa shape index (κ3) is 4.70. The van der Waals surface area contributed by atoms with Gasteiger partial charge in [-0.15, -0.1) is 0 Å². The van der Waals surface area contributed by atoms with Crippen molar-refractivity contribution in [2.24, 2.45) is 0 Å². The van der Waals surface area contributed by atoms with E-state index in [-0.39, 0.29) is 23.1 Å². The second-order valence-electron chi connectivity index (χ2n) is 8.34. The lowest BCUT2D eigenvalue weighted by Gasteiger charge is -2.14. The Bertz CT molecular complexity index is 1380. The van der Waals surface area contributed by atoms with Crippen molar-refractivity contribution in [1.29, 1.82) is 5.26 Å². The number of nitrogens with zero attached hydrogens (tertiary/aromatic N) is 3. The maximum absolute atomic E-state index is 13.4. The molecule has 0 bridgehead atoms. The van der Waals surface area contributed by atoms with Crippen LogP contribution in [0.4, 0.5) is 0 Å². The Labute approximate surface area is 197 Å². The molecular formula is C26H26N4O4. The second-order valence-corrected chi connectivity index (χ2v) is 8.34. The molecule has 2 aromatic heterocycles. The highest BCUT2D eigenvalue weighted by atomic mass is 16.5. The quantitative estimate of drug-likeness (QED) is 0.447. The molecule has 0 radical (unpaired) electrons. The summed E-state index contributed by atoms with van der Waals surface area (Å²) in [4.78, 5) is 30.7. The van der Waals surface area contributed by atoms with Gasteiger partial charge in [0.2, 0.25) is 5.88 Å². The van der Waals surface area contributed by atoms with Crippen LogP contribution in [0.5, 0.6) is 11.6 Å². The molecule has 1 amide bonds. The van der Waals surface area contributed by atoms with Gasteiger partial charge in [0.25, 0.3) is 11.5 Å². The molecule has 1 N–H and O–H groups in total. The number of hydrogen-bond donors (Lipinski definition) is 1. The molecule has 0 aliphatic carbocycles. The van der Waals surface area contributed by atoms with Crippen LogP contribution in [-0.4, -0.2) is 34.5 Å². The van der Waals surface area contributed by atoms with Gasteiger partial charge in [0, 0.05) is 19.3 Å². The molecule has 1 fully saturated rings. The molecule has 0 unspecified atom stereocenters. The molecule has 34 heavy (non-hydrogen) atoms. The van der Waals surface area contributed by atoms with Crippen LogP contribution >= 0.6 is 0 Å². The van der Waals surface area contributed by atoms with Crippen LogP contribution < -0.4 is 15.6 Å². The Kier molecular flexibility index (Phi) is 6.75. The molecule has 8 nitrogen and oxygen atoms in total. The predicted octanol–water partition coefficient (Wildman–Crippen LogP) is 3.61. The Hall–Kier alpha value is -3.96. The molecule has 0 spiro atoms. The summed E-state index contributed by atoms with van der Waals surface area (Å²) in [5.41, 5.74) is 2.52. The number of fused-ring (bicyclic) bond motifs is 1. The minimum absolute atomic E-state index is 0.0211. The van der Waals surface area contributed by atoms with Crippen LogP contribution in [0.2, 0.25) is 0 Å². The van der Waals surface area contributed by atoms with Gasteiger partial charge < -0.3 is 14.8 Å². The van der Waals surface area contributed by atoms with Gasteiger partial charge in [0.1, 0.15) is 28.6 Å². The first-order valence-corrected chi connectivity index (χ1v) is 11.2. The van der Waals surface area contributed by atoms with Crippen LogP contribution in [0, 0.1) is 32.1 Å². The summed E-state index contributed by atoms with van der Waals surface area (Å²) in [6.45, 7) is 6.69. The molecule has 3 aromatic rings. The summed E-state index contributed by atoms with van der Waals surface area (Å²) in [5, 5.41) is 12.4. The Balaban J connectivity index is 1.79. The molecule has 0 saturated carbocycles. The molecule has 3 heterocycles. The number of carbonyl (C=O) groups is 1. The summed E-state index contributed by atoms with van der Waals surface area (Å²) >= 11 is 0. The third-order valence-corrected chi connectivity index (χ3v) is 5.98. The summed E-state index contributed by atoms with van der Waals surface area (Å²) in [5.74, 6) is -0.00192. The largest absolute Gasteiger partial charge is 0.438 e. The fourth-order valence-corrected chi connectivity index (χ4v) is 3.83. The minimum atomic E-state index is -0.579. The van der Waals surface area contributed by atoms with Crippen molar-refractivity contribution >= 4 is 17.6 Å². The lowest BCUT2D eigenvalue weighted by atomic mass is 10.1. The first kappa shape index (κ1) is 23.2. The summed E-state index contributed by atoms with van der Waals surface area (Å²) in [6.07, 6.45) is 4.58. The summed E-state index contributed by atoms with van der Waals surface area (Å²) < 4.78 is 13.0.